The third-order valence-electron chi connectivity index (χ3n) is 4.33. The van der Waals surface area contributed by atoms with E-state index in [0.717, 1.165) is 11.1 Å². The van der Waals surface area contributed by atoms with Crippen molar-refractivity contribution in [2.75, 3.05) is 19.6 Å². The Bertz CT molecular complexity index is 920. The predicted octanol–water partition coefficient (Wildman–Crippen LogP) is 3.20. The number of likely N-dealkylation sites (tertiary alicyclic amines) is 1. The summed E-state index contributed by atoms with van der Waals surface area (Å²) in [6, 6.07) is 17.2. The van der Waals surface area contributed by atoms with Gasteiger partial charge in [0.05, 0.1) is 18.7 Å². The number of aromatic nitrogens is 2. The van der Waals surface area contributed by atoms with Crippen LogP contribution in [0.5, 0.6) is 5.75 Å². The van der Waals surface area contributed by atoms with E-state index in [9.17, 15) is 4.79 Å². The first kappa shape index (κ1) is 17.1. The Morgan fingerprint density at radius 2 is 1.93 bits per heavy atom. The summed E-state index contributed by atoms with van der Waals surface area (Å²) in [5.74, 6) is 1.61. The van der Waals surface area contributed by atoms with Gasteiger partial charge in [0.1, 0.15) is 11.9 Å². The van der Waals surface area contributed by atoms with E-state index in [0.29, 0.717) is 37.1 Å². The molecule has 2 amide bonds. The summed E-state index contributed by atoms with van der Waals surface area (Å²) in [6.45, 7) is 3.62. The van der Waals surface area contributed by atoms with Crippen molar-refractivity contribution in [3.05, 3.63) is 54.6 Å². The number of rotatable bonds is 5. The van der Waals surface area contributed by atoms with E-state index in [1.165, 1.54) is 0 Å². The fourth-order valence-electron chi connectivity index (χ4n) is 2.90. The minimum Gasteiger partial charge on any atom is -0.486 e. The lowest BCUT2D eigenvalue weighted by Gasteiger charge is -2.38. The average Bonchev–Trinajstić information content (AvgIpc) is 3.15. The SMILES string of the molecule is CCNC(=O)N1CC(Oc2ccccc2-c2nc(-c3ccccc3)no2)C1. The zero-order valence-corrected chi connectivity index (χ0v) is 15.0. The van der Waals surface area contributed by atoms with E-state index in [2.05, 4.69) is 15.5 Å². The smallest absolute Gasteiger partial charge is 0.317 e. The minimum atomic E-state index is -0.0601. The molecule has 0 unspecified atom stereocenters. The maximum absolute atomic E-state index is 11.8. The fourth-order valence-corrected chi connectivity index (χ4v) is 2.90. The summed E-state index contributed by atoms with van der Waals surface area (Å²) < 4.78 is 11.5. The van der Waals surface area contributed by atoms with Gasteiger partial charge in [0.2, 0.25) is 5.82 Å². The molecule has 1 aliphatic rings. The normalized spacial score (nSPS) is 13.9. The summed E-state index contributed by atoms with van der Waals surface area (Å²) in [5, 5.41) is 6.86. The number of hydrogen-bond acceptors (Lipinski definition) is 5. The summed E-state index contributed by atoms with van der Waals surface area (Å²) in [7, 11) is 0. The van der Waals surface area contributed by atoms with Crippen LogP contribution in [0.4, 0.5) is 4.79 Å². The first-order valence-corrected chi connectivity index (χ1v) is 8.92. The number of carbonyl (C=O) groups excluding carboxylic acids is 1. The van der Waals surface area contributed by atoms with Gasteiger partial charge >= 0.3 is 6.03 Å². The number of amides is 2. The standard InChI is InChI=1S/C20H20N4O3/c1-2-21-20(25)24-12-15(13-24)26-17-11-7-6-10-16(17)19-22-18(23-27-19)14-8-4-3-5-9-14/h3-11,15H,2,12-13H2,1H3,(H,21,25). The van der Waals surface area contributed by atoms with Gasteiger partial charge in [-0.15, -0.1) is 0 Å². The van der Waals surface area contributed by atoms with Crippen LogP contribution in [-0.4, -0.2) is 46.8 Å². The molecule has 0 saturated carbocycles. The molecule has 138 valence electrons. The molecule has 27 heavy (non-hydrogen) atoms. The van der Waals surface area contributed by atoms with E-state index >= 15 is 0 Å². The quantitative estimate of drug-likeness (QED) is 0.752. The molecule has 7 heteroatoms. The highest BCUT2D eigenvalue weighted by molar-refractivity contribution is 5.75. The van der Waals surface area contributed by atoms with Crippen molar-refractivity contribution in [1.29, 1.82) is 0 Å². The van der Waals surface area contributed by atoms with Crippen LogP contribution in [-0.2, 0) is 0 Å². The van der Waals surface area contributed by atoms with Crippen molar-refractivity contribution in [2.45, 2.75) is 13.0 Å². The molecule has 2 aromatic carbocycles. The highest BCUT2D eigenvalue weighted by Gasteiger charge is 2.32. The van der Waals surface area contributed by atoms with Crippen molar-refractivity contribution in [2.24, 2.45) is 0 Å². The second-order valence-corrected chi connectivity index (χ2v) is 6.27. The first-order chi connectivity index (χ1) is 13.2. The highest BCUT2D eigenvalue weighted by Crippen LogP contribution is 2.31. The van der Waals surface area contributed by atoms with Crippen LogP contribution in [0.25, 0.3) is 22.8 Å². The Morgan fingerprint density at radius 1 is 1.19 bits per heavy atom. The monoisotopic (exact) mass is 364 g/mol. The number of benzene rings is 2. The summed E-state index contributed by atoms with van der Waals surface area (Å²) >= 11 is 0. The van der Waals surface area contributed by atoms with E-state index in [-0.39, 0.29) is 12.1 Å². The van der Waals surface area contributed by atoms with Gasteiger partial charge in [-0.1, -0.05) is 47.6 Å². The lowest BCUT2D eigenvalue weighted by Crippen LogP contribution is -2.58. The number of para-hydroxylation sites is 1. The molecule has 0 atom stereocenters. The van der Waals surface area contributed by atoms with Gasteiger partial charge < -0.3 is 19.5 Å². The van der Waals surface area contributed by atoms with Gasteiger partial charge in [-0.25, -0.2) is 4.79 Å². The van der Waals surface area contributed by atoms with Crippen LogP contribution in [0.3, 0.4) is 0 Å². The Morgan fingerprint density at radius 3 is 2.70 bits per heavy atom. The maximum atomic E-state index is 11.8. The number of nitrogens with zero attached hydrogens (tertiary/aromatic N) is 3. The Labute approximate surface area is 156 Å². The van der Waals surface area contributed by atoms with Crippen molar-refractivity contribution < 1.29 is 14.1 Å². The molecule has 0 aliphatic carbocycles. The number of urea groups is 1. The number of ether oxygens (including phenoxy) is 1. The van der Waals surface area contributed by atoms with Crippen LogP contribution in [0.2, 0.25) is 0 Å². The highest BCUT2D eigenvalue weighted by atomic mass is 16.5. The van der Waals surface area contributed by atoms with Crippen molar-refractivity contribution in [3.8, 4) is 28.6 Å². The lowest BCUT2D eigenvalue weighted by molar-refractivity contribution is 0.0449. The van der Waals surface area contributed by atoms with Crippen LogP contribution in [0, 0.1) is 0 Å². The zero-order chi connectivity index (χ0) is 18.6. The molecule has 1 fully saturated rings. The molecule has 1 aliphatic heterocycles. The van der Waals surface area contributed by atoms with E-state index in [1.807, 2.05) is 61.5 Å². The minimum absolute atomic E-state index is 0.0507. The second-order valence-electron chi connectivity index (χ2n) is 6.27. The first-order valence-electron chi connectivity index (χ1n) is 8.92. The molecule has 3 aromatic rings. The van der Waals surface area contributed by atoms with Gasteiger partial charge in [0.15, 0.2) is 0 Å². The Hall–Kier alpha value is -3.35. The molecule has 0 spiro atoms. The van der Waals surface area contributed by atoms with Crippen molar-refractivity contribution in [1.82, 2.24) is 20.4 Å². The second kappa shape index (κ2) is 7.49. The average molecular weight is 364 g/mol. The van der Waals surface area contributed by atoms with Gasteiger partial charge in [0.25, 0.3) is 5.89 Å². The summed E-state index contributed by atoms with van der Waals surface area (Å²) in [6.07, 6.45) is -0.0507. The number of carbonyl (C=O) groups is 1. The maximum Gasteiger partial charge on any atom is 0.317 e. The number of hydrogen-bond donors (Lipinski definition) is 1. The number of nitrogens with one attached hydrogen (secondary N) is 1. The Balaban J connectivity index is 1.48. The van der Waals surface area contributed by atoms with Crippen LogP contribution >= 0.6 is 0 Å². The van der Waals surface area contributed by atoms with Gasteiger partial charge in [-0.3, -0.25) is 0 Å². The largest absolute Gasteiger partial charge is 0.486 e. The molecule has 2 heterocycles. The summed E-state index contributed by atoms with van der Waals surface area (Å²) in [5.41, 5.74) is 1.63. The topological polar surface area (TPSA) is 80.5 Å². The molecule has 1 saturated heterocycles. The molecule has 7 nitrogen and oxygen atoms in total. The lowest BCUT2D eigenvalue weighted by atomic mass is 10.1. The third-order valence-corrected chi connectivity index (χ3v) is 4.33. The van der Waals surface area contributed by atoms with Gasteiger partial charge in [-0.2, -0.15) is 4.98 Å². The van der Waals surface area contributed by atoms with E-state index < -0.39 is 0 Å². The van der Waals surface area contributed by atoms with Crippen molar-refractivity contribution in [3.63, 3.8) is 0 Å². The molecule has 1 aromatic heterocycles. The van der Waals surface area contributed by atoms with Crippen LogP contribution < -0.4 is 10.1 Å². The third kappa shape index (κ3) is 3.62. The van der Waals surface area contributed by atoms with Crippen LogP contribution in [0.1, 0.15) is 6.92 Å². The van der Waals surface area contributed by atoms with Crippen LogP contribution in [0.15, 0.2) is 59.1 Å². The van der Waals surface area contributed by atoms with Gasteiger partial charge in [0, 0.05) is 12.1 Å². The molecule has 4 rings (SSSR count). The van der Waals surface area contributed by atoms with Gasteiger partial charge in [-0.05, 0) is 19.1 Å². The van der Waals surface area contributed by atoms with Crippen molar-refractivity contribution >= 4 is 6.03 Å². The zero-order valence-electron chi connectivity index (χ0n) is 15.0. The molecular weight excluding hydrogens is 344 g/mol. The predicted molar refractivity (Wildman–Crippen MR) is 100 cm³/mol. The molecule has 1 N–H and O–H groups in total. The van der Waals surface area contributed by atoms with E-state index in [1.54, 1.807) is 4.90 Å². The summed E-state index contributed by atoms with van der Waals surface area (Å²) in [4.78, 5) is 18.0. The molecular formula is C20H20N4O3. The molecule has 0 radical (unpaired) electrons. The Kier molecular flexibility index (Phi) is 4.74. The fraction of sp³-hybridized carbons (Fsp3) is 0.250. The molecule has 0 bridgehead atoms. The van der Waals surface area contributed by atoms with E-state index in [4.69, 9.17) is 9.26 Å².